The molecule has 0 saturated heterocycles. The molecule has 2 aromatic rings. The van der Waals surface area contributed by atoms with E-state index in [1.807, 2.05) is 0 Å². The standard InChI is InChI=1S/C19H18Cl2N4O3/c1-4-14(25-18(26)16-12(20)6-5-7-13(16)21)17(22-2)19(27)24-11-8-9-15(28-3)23-10-11/h4-10H,1-3H3,(H,24,27)(H,25,26)/b14-4+,22-17+. The Kier molecular flexibility index (Phi) is 7.54. The van der Waals surface area contributed by atoms with Gasteiger partial charge in [0, 0.05) is 13.1 Å². The number of ether oxygens (including phenoxy) is 1. The summed E-state index contributed by atoms with van der Waals surface area (Å²) in [6.07, 6.45) is 3.00. The van der Waals surface area contributed by atoms with E-state index in [4.69, 9.17) is 27.9 Å². The molecule has 0 aliphatic carbocycles. The van der Waals surface area contributed by atoms with Crippen LogP contribution in [0, 0.1) is 0 Å². The number of nitrogens with zero attached hydrogens (tertiary/aromatic N) is 2. The zero-order valence-electron chi connectivity index (χ0n) is 15.4. The molecule has 0 atom stereocenters. The Bertz CT molecular complexity index is 920. The van der Waals surface area contributed by atoms with Crippen molar-refractivity contribution in [3.05, 3.63) is 63.9 Å². The van der Waals surface area contributed by atoms with Gasteiger partial charge in [0.25, 0.3) is 11.8 Å². The third-order valence-electron chi connectivity index (χ3n) is 3.62. The van der Waals surface area contributed by atoms with E-state index in [1.54, 1.807) is 43.3 Å². The lowest BCUT2D eigenvalue weighted by molar-refractivity contribution is -0.110. The number of methoxy groups -OCH3 is 1. The van der Waals surface area contributed by atoms with Crippen LogP contribution in [-0.4, -0.2) is 36.7 Å². The minimum absolute atomic E-state index is 0.0230. The second kappa shape index (κ2) is 9.87. The molecule has 1 heterocycles. The summed E-state index contributed by atoms with van der Waals surface area (Å²) in [5, 5.41) is 5.69. The first-order chi connectivity index (χ1) is 13.4. The zero-order chi connectivity index (χ0) is 20.7. The summed E-state index contributed by atoms with van der Waals surface area (Å²) in [6, 6.07) is 7.98. The number of rotatable bonds is 6. The van der Waals surface area contributed by atoms with Gasteiger partial charge in [0.1, 0.15) is 5.71 Å². The molecule has 0 saturated carbocycles. The van der Waals surface area contributed by atoms with Crippen molar-refractivity contribution < 1.29 is 14.3 Å². The maximum Gasteiger partial charge on any atom is 0.275 e. The van der Waals surface area contributed by atoms with Gasteiger partial charge in [-0.1, -0.05) is 35.3 Å². The average Bonchev–Trinajstić information content (AvgIpc) is 2.68. The fraction of sp³-hybridized carbons (Fsp3) is 0.158. The third-order valence-corrected chi connectivity index (χ3v) is 4.25. The Morgan fingerprint density at radius 3 is 2.36 bits per heavy atom. The van der Waals surface area contributed by atoms with Crippen LogP contribution in [0.3, 0.4) is 0 Å². The van der Waals surface area contributed by atoms with Crippen molar-refractivity contribution in [1.82, 2.24) is 10.3 Å². The average molecular weight is 421 g/mol. The Labute approximate surface area is 172 Å². The number of pyridine rings is 1. The molecule has 2 amide bonds. The van der Waals surface area contributed by atoms with Crippen molar-refractivity contribution in [2.75, 3.05) is 19.5 Å². The molecule has 1 aromatic heterocycles. The smallest absolute Gasteiger partial charge is 0.275 e. The number of amides is 2. The van der Waals surface area contributed by atoms with E-state index in [9.17, 15) is 9.59 Å². The van der Waals surface area contributed by atoms with Crippen LogP contribution in [-0.2, 0) is 4.79 Å². The van der Waals surface area contributed by atoms with E-state index >= 15 is 0 Å². The number of hydrogen-bond donors (Lipinski definition) is 2. The van der Waals surface area contributed by atoms with Crippen LogP contribution in [0.5, 0.6) is 5.88 Å². The molecule has 7 nitrogen and oxygen atoms in total. The number of anilines is 1. The van der Waals surface area contributed by atoms with E-state index in [0.29, 0.717) is 11.6 Å². The summed E-state index contributed by atoms with van der Waals surface area (Å²) in [6.45, 7) is 1.66. The van der Waals surface area contributed by atoms with E-state index in [0.717, 1.165) is 0 Å². The first kappa shape index (κ1) is 21.4. The SMILES string of the molecule is C/C=C(NC(=O)c1c(Cl)cccc1Cl)\C(=N/C)C(=O)Nc1ccc(OC)nc1. The highest BCUT2D eigenvalue weighted by molar-refractivity contribution is 6.49. The Hall–Kier alpha value is -2.90. The number of benzene rings is 1. The van der Waals surface area contributed by atoms with Crippen molar-refractivity contribution in [3.63, 3.8) is 0 Å². The number of aliphatic imine (C=N–C) groups is 1. The number of aromatic nitrogens is 1. The molecule has 2 N–H and O–H groups in total. The normalized spacial score (nSPS) is 11.8. The van der Waals surface area contributed by atoms with Crippen molar-refractivity contribution in [2.24, 2.45) is 4.99 Å². The zero-order valence-corrected chi connectivity index (χ0v) is 16.9. The fourth-order valence-corrected chi connectivity index (χ4v) is 2.85. The second-order valence-corrected chi connectivity index (χ2v) is 6.18. The van der Waals surface area contributed by atoms with Crippen LogP contribution in [0.25, 0.3) is 0 Å². The molecular formula is C19H18Cl2N4O3. The van der Waals surface area contributed by atoms with Gasteiger partial charge in [-0.25, -0.2) is 4.98 Å². The quantitative estimate of drug-likeness (QED) is 0.695. The monoisotopic (exact) mass is 420 g/mol. The molecular weight excluding hydrogens is 403 g/mol. The number of carbonyl (C=O) groups excluding carboxylic acids is 2. The van der Waals surface area contributed by atoms with Gasteiger partial charge in [0.15, 0.2) is 0 Å². The fourth-order valence-electron chi connectivity index (χ4n) is 2.28. The first-order valence-electron chi connectivity index (χ1n) is 8.11. The highest BCUT2D eigenvalue weighted by atomic mass is 35.5. The minimum Gasteiger partial charge on any atom is -0.481 e. The maximum atomic E-state index is 12.6. The third kappa shape index (κ3) is 5.09. The van der Waals surface area contributed by atoms with Crippen molar-refractivity contribution in [3.8, 4) is 5.88 Å². The van der Waals surface area contributed by atoms with Crippen LogP contribution in [0.1, 0.15) is 17.3 Å². The number of nitrogens with one attached hydrogen (secondary N) is 2. The summed E-state index contributed by atoms with van der Waals surface area (Å²) in [7, 11) is 2.94. The Balaban J connectivity index is 2.18. The minimum atomic E-state index is -0.552. The van der Waals surface area contributed by atoms with Gasteiger partial charge in [0.2, 0.25) is 5.88 Å². The number of allylic oxidation sites excluding steroid dienone is 1. The molecule has 0 spiro atoms. The van der Waals surface area contributed by atoms with Gasteiger partial charge in [-0.3, -0.25) is 14.6 Å². The van der Waals surface area contributed by atoms with Gasteiger partial charge >= 0.3 is 0 Å². The molecule has 0 aliphatic rings. The second-order valence-electron chi connectivity index (χ2n) is 5.37. The van der Waals surface area contributed by atoms with Crippen molar-refractivity contribution in [1.29, 1.82) is 0 Å². The molecule has 0 aliphatic heterocycles. The van der Waals surface area contributed by atoms with Crippen molar-refractivity contribution in [2.45, 2.75) is 6.92 Å². The summed E-state index contributed by atoms with van der Waals surface area (Å²) in [5.74, 6) is -0.655. The Morgan fingerprint density at radius 1 is 1.18 bits per heavy atom. The van der Waals surface area contributed by atoms with E-state index < -0.39 is 11.8 Å². The lowest BCUT2D eigenvalue weighted by atomic mass is 10.1. The van der Waals surface area contributed by atoms with Crippen LogP contribution in [0.15, 0.2) is 53.3 Å². The summed E-state index contributed by atoms with van der Waals surface area (Å²) < 4.78 is 4.98. The first-order valence-corrected chi connectivity index (χ1v) is 8.87. The molecule has 2 rings (SSSR count). The molecule has 1 aromatic carbocycles. The summed E-state index contributed by atoms with van der Waals surface area (Å²) in [4.78, 5) is 33.2. The largest absolute Gasteiger partial charge is 0.481 e. The molecule has 28 heavy (non-hydrogen) atoms. The highest BCUT2D eigenvalue weighted by Crippen LogP contribution is 2.24. The Morgan fingerprint density at radius 2 is 1.86 bits per heavy atom. The van der Waals surface area contributed by atoms with E-state index in [2.05, 4.69) is 20.6 Å². The molecule has 0 fully saturated rings. The lowest BCUT2D eigenvalue weighted by Gasteiger charge is -2.14. The predicted octanol–water partition coefficient (Wildman–Crippen LogP) is 3.74. The van der Waals surface area contributed by atoms with Crippen molar-refractivity contribution >= 4 is 46.4 Å². The maximum absolute atomic E-state index is 12.6. The van der Waals surface area contributed by atoms with Crippen LogP contribution in [0.2, 0.25) is 10.0 Å². The van der Waals surface area contributed by atoms with E-state index in [1.165, 1.54) is 20.4 Å². The van der Waals surface area contributed by atoms with Gasteiger partial charge in [-0.05, 0) is 25.1 Å². The van der Waals surface area contributed by atoms with E-state index in [-0.39, 0.29) is 27.0 Å². The summed E-state index contributed by atoms with van der Waals surface area (Å²) in [5.41, 5.74) is 0.792. The molecule has 9 heteroatoms. The number of halogens is 2. The molecule has 0 radical (unpaired) electrons. The molecule has 146 valence electrons. The van der Waals surface area contributed by atoms with Gasteiger partial charge in [-0.15, -0.1) is 0 Å². The molecule has 0 bridgehead atoms. The molecule has 0 unspecified atom stereocenters. The number of carbonyl (C=O) groups is 2. The van der Waals surface area contributed by atoms with Gasteiger partial charge in [-0.2, -0.15) is 0 Å². The van der Waals surface area contributed by atoms with Gasteiger partial charge in [0.05, 0.1) is 40.3 Å². The summed E-state index contributed by atoms with van der Waals surface area (Å²) >= 11 is 12.1. The highest BCUT2D eigenvalue weighted by Gasteiger charge is 2.21. The van der Waals surface area contributed by atoms with Crippen LogP contribution in [0.4, 0.5) is 5.69 Å². The topological polar surface area (TPSA) is 92.7 Å². The lowest BCUT2D eigenvalue weighted by Crippen LogP contribution is -2.34. The van der Waals surface area contributed by atoms with Crippen LogP contribution < -0.4 is 15.4 Å². The predicted molar refractivity (Wildman–Crippen MR) is 110 cm³/mol. The van der Waals surface area contributed by atoms with Crippen LogP contribution >= 0.6 is 23.2 Å². The van der Waals surface area contributed by atoms with Gasteiger partial charge < -0.3 is 15.4 Å². The number of hydrogen-bond acceptors (Lipinski definition) is 5.